The summed E-state index contributed by atoms with van der Waals surface area (Å²) in [6.45, 7) is 27.3. The average Bonchev–Trinajstić information content (AvgIpc) is 1.59. The number of likely N-dealkylation sites (N-methyl/N-ethyl adjacent to an activating group) is 1. The zero-order valence-electron chi connectivity index (χ0n) is 64.4. The number of Topliss-reactive ketones (excluding diaryl/α,β-unsaturated/α-hetero) is 1. The maximum absolute atomic E-state index is 13.6. The van der Waals surface area contributed by atoms with Crippen molar-refractivity contribution in [1.29, 1.82) is 0 Å². The molecule has 0 spiro atoms. The van der Waals surface area contributed by atoms with Crippen LogP contribution in [0, 0.1) is 0 Å². The van der Waals surface area contributed by atoms with E-state index in [0.717, 1.165) is 73.3 Å². The molecule has 0 aliphatic carbocycles. The van der Waals surface area contributed by atoms with Gasteiger partial charge in [0.05, 0.1) is 44.9 Å². The second-order valence-corrected chi connectivity index (χ2v) is 41.1. The van der Waals surface area contributed by atoms with E-state index in [1.807, 2.05) is 79.6 Å². The van der Waals surface area contributed by atoms with Gasteiger partial charge in [0.15, 0.2) is 56.6 Å². The second-order valence-electron chi connectivity index (χ2n) is 28.8. The molecule has 13 atom stereocenters. The van der Waals surface area contributed by atoms with Crippen LogP contribution < -0.4 is 73.6 Å². The largest absolute Gasteiger partial charge is 2.00 e. The van der Waals surface area contributed by atoms with Crippen molar-refractivity contribution >= 4 is 196 Å². The molecular weight excluding hydrogens is 1800 g/mol. The molecule has 0 radical (unpaired) electrons. The molecule has 6 aliphatic heterocycles. The molecule has 15 rings (SSSR count). The minimum Gasteiger partial charge on any atom is -1.00 e. The van der Waals surface area contributed by atoms with Gasteiger partial charge in [0.1, 0.15) is 100 Å². The van der Waals surface area contributed by atoms with Crippen molar-refractivity contribution in [1.82, 2.24) is 48.7 Å². The molecule has 6 fully saturated rings. The zero-order chi connectivity index (χ0) is 75.7. The predicted octanol–water partition coefficient (Wildman–Crippen LogP) is 11.1. The third kappa shape index (κ3) is 19.3. The summed E-state index contributed by atoms with van der Waals surface area (Å²) in [6, 6.07) is 11.3. The van der Waals surface area contributed by atoms with E-state index in [9.17, 15) is 14.7 Å². The first-order valence-corrected chi connectivity index (χ1v) is 42.6. The van der Waals surface area contributed by atoms with Crippen molar-refractivity contribution in [2.24, 2.45) is 0 Å². The fourth-order valence-electron chi connectivity index (χ4n) is 13.4. The number of aliphatic hydroxyl groups is 1. The smallest absolute Gasteiger partial charge is 1.00 e. The number of ketones is 1. The molecule has 0 unspecified atom stereocenters. The van der Waals surface area contributed by atoms with Crippen LogP contribution >= 0.6 is 120 Å². The van der Waals surface area contributed by atoms with Crippen molar-refractivity contribution < 1.29 is 143 Å². The fourth-order valence-corrected chi connectivity index (χ4v) is 19.8. The van der Waals surface area contributed by atoms with Crippen molar-refractivity contribution in [3.8, 4) is 0 Å². The van der Waals surface area contributed by atoms with Gasteiger partial charge in [0, 0.05) is 37.1 Å². The van der Waals surface area contributed by atoms with Crippen LogP contribution in [0.4, 0.5) is 0 Å². The number of fused-ring (bicyclic) bond motifs is 6. The van der Waals surface area contributed by atoms with Crippen LogP contribution in [0.2, 0.25) is 46.6 Å². The SMILES string of the molecule is CC(C)(C)[Si](C)(C)OCCc1cc(Cl)sc1Br.CCCc1cc(Cl)sc1C(=O)[C@H]1O[C@@H](n2ccc3c(Cl)ncnc32)[C@@H]2OC(C)(C)O[C@@H]21.CCCc1cc(Cl)sc1[C@H](O)[C@H]1O[C@@H](n2ccc3c(Cl)ncnc32)[C@@H]2OC(C)(C)O[C@@H]21.CON(C)C(=O)[C@H]1O[C@@H](n2ccc3c(Cl)ncnc32)[C@@H]2OC(C)(C)O[C@@H]21.[Cs+].[F-].[H-].[H-].[Mg+2]. The third-order valence-corrected chi connectivity index (χ3v) is 29.4. The number of ether oxygens (including phenoxy) is 9. The van der Waals surface area contributed by atoms with Gasteiger partial charge in [-0.2, -0.15) is 0 Å². The van der Waals surface area contributed by atoms with Crippen LogP contribution in [0.1, 0.15) is 148 Å². The van der Waals surface area contributed by atoms with E-state index in [1.54, 1.807) is 42.0 Å². The molecule has 0 saturated carbocycles. The molecule has 0 aromatic carbocycles. The van der Waals surface area contributed by atoms with Gasteiger partial charge in [-0.3, -0.25) is 14.4 Å². The summed E-state index contributed by atoms with van der Waals surface area (Å²) in [7, 11) is 1.32. The number of aryl methyl sites for hydroxylation is 2. The summed E-state index contributed by atoms with van der Waals surface area (Å²) < 4.78 is 70.2. The molecule has 0 bridgehead atoms. The number of hydrogen-bond donors (Lipinski definition) is 1. The van der Waals surface area contributed by atoms with E-state index in [2.05, 4.69) is 93.5 Å². The maximum Gasteiger partial charge on any atom is 2.00 e. The Bertz CT molecular complexity index is 4670. The Morgan fingerprint density at radius 3 is 1.47 bits per heavy atom. The van der Waals surface area contributed by atoms with Crippen LogP contribution in [0.25, 0.3) is 33.1 Å². The van der Waals surface area contributed by atoms with Crippen LogP contribution in [0.15, 0.2) is 77.8 Å². The summed E-state index contributed by atoms with van der Waals surface area (Å²) in [5.41, 5.74) is 5.07. The van der Waals surface area contributed by atoms with E-state index in [-0.39, 0.29) is 116 Å². The summed E-state index contributed by atoms with van der Waals surface area (Å²) in [4.78, 5) is 57.7. The summed E-state index contributed by atoms with van der Waals surface area (Å²) in [5.74, 6) is -2.97. The first-order chi connectivity index (χ1) is 49.5. The molecule has 6 saturated heterocycles. The van der Waals surface area contributed by atoms with E-state index in [1.165, 1.54) is 61.4 Å². The molecule has 9 aromatic rings. The Kier molecular flexibility index (Phi) is 30.9. The van der Waals surface area contributed by atoms with E-state index in [4.69, 9.17) is 122 Å². The molecule has 9 aromatic heterocycles. The van der Waals surface area contributed by atoms with Crippen molar-refractivity contribution in [2.45, 2.75) is 223 Å². The Hall–Kier alpha value is -1.19. The van der Waals surface area contributed by atoms with Crippen LogP contribution in [0.3, 0.4) is 0 Å². The number of carbonyl (C=O) groups is 2. The van der Waals surface area contributed by atoms with Crippen molar-refractivity contribution in [3.63, 3.8) is 0 Å². The number of aliphatic hydroxyl groups excluding tert-OH is 1. The molecule has 580 valence electrons. The Balaban J connectivity index is 0.000000205. The quantitative estimate of drug-likeness (QED) is 0.0385. The molecule has 1 amide bonds. The van der Waals surface area contributed by atoms with Gasteiger partial charge in [-0.1, -0.05) is 117 Å². The monoisotopic (exact) mass is 1880 g/mol. The van der Waals surface area contributed by atoms with Gasteiger partial charge in [0.2, 0.25) is 5.78 Å². The number of nitrogens with zero attached hydrogens (tertiary/aromatic N) is 10. The van der Waals surface area contributed by atoms with Gasteiger partial charge >= 0.3 is 91.9 Å². The van der Waals surface area contributed by atoms with Gasteiger partial charge < -0.3 is 73.4 Å². The Morgan fingerprint density at radius 2 is 1.02 bits per heavy atom. The van der Waals surface area contributed by atoms with Crippen LogP contribution in [-0.4, -0.2) is 190 Å². The number of amides is 1. The number of rotatable bonds is 17. The van der Waals surface area contributed by atoms with Crippen molar-refractivity contribution in [3.05, 3.63) is 133 Å². The number of thiophene rings is 3. The summed E-state index contributed by atoms with van der Waals surface area (Å²) in [6.07, 6.45) is 6.09. The van der Waals surface area contributed by atoms with Crippen molar-refractivity contribution in [2.75, 3.05) is 20.8 Å². The van der Waals surface area contributed by atoms with Crippen LogP contribution in [0.5, 0.6) is 0 Å². The van der Waals surface area contributed by atoms with Gasteiger partial charge in [-0.25, -0.2) is 35.0 Å². The number of halogens is 8. The molecule has 24 nitrogen and oxygen atoms in total. The van der Waals surface area contributed by atoms with E-state index in [0.29, 0.717) is 56.7 Å². The number of hydroxylamine groups is 2. The minimum absolute atomic E-state index is 0. The maximum atomic E-state index is 13.6. The Labute approximate surface area is 754 Å². The zero-order valence-corrected chi connectivity index (χ0v) is 79.6. The third-order valence-electron chi connectivity index (χ3n) is 19.2. The van der Waals surface area contributed by atoms with E-state index < -0.39 is 105 Å². The number of aromatic nitrogens is 9. The van der Waals surface area contributed by atoms with Gasteiger partial charge in [-0.15, -0.1) is 34.0 Å². The summed E-state index contributed by atoms with van der Waals surface area (Å²) >= 11 is 44.8. The number of carbonyl (C=O) groups excluding carboxylic acids is 2. The molecule has 108 heavy (non-hydrogen) atoms. The predicted molar refractivity (Wildman–Crippen MR) is 418 cm³/mol. The second kappa shape index (κ2) is 36.8. The first-order valence-electron chi connectivity index (χ1n) is 34.2. The van der Waals surface area contributed by atoms with E-state index >= 15 is 0 Å². The summed E-state index contributed by atoms with van der Waals surface area (Å²) in [5, 5.41) is 15.9. The number of hydrogen-bond acceptors (Lipinski definition) is 23. The molecule has 6 aliphatic rings. The molecule has 15 heterocycles. The van der Waals surface area contributed by atoms with Gasteiger partial charge in [-0.05, 0) is 148 Å². The normalized spacial score (nSPS) is 25.2. The Morgan fingerprint density at radius 1 is 0.620 bits per heavy atom. The fraction of sp³-hybridized carbons (Fsp3) is 0.543. The minimum atomic E-state index is -1.61. The molecule has 1 N–H and O–H groups in total. The standard InChI is InChI=1S/C21H23Cl2N3O4S.C21H21Cl2N3O4S.C16H19ClN4O5.C12H20BrClOSSi.Cs.FH.Mg.2H/c2*1-4-5-10-8-12(22)31-17(10)13(27)14-15-16(30-21(2,3)29-15)20(28-14)26-7-6-11-18(23)24-9-25-19(11)26;1-16(2)25-9-10(14(22)20(3)23-4)24-15(11(9)26-16)21-6-5-8-12(17)18-7-19-13(8)21;1-12(2,3)17(4,5)15-7-6-9-8-10(14)16-11(9)13;;;;;/h6-9,13-16,20,27H,4-5H2,1-3H3;6-9,14-16,20H,4-5H2,1-3H3;5-7,9-11,15H,1-4H3;8H,6-7H2,1-5H3;;1H;;;/q;;;;+1;;+2;2*-1/p-1/t13-,14-,15-,16-,20-;14-,15-,16-,20-;9-,10+,11-,15-;;;;;;/m111....../s1. The average molecular weight is 1880 g/mol. The molecular formula is C70H85BrCl6CsFMgN10O14S3Si. The first kappa shape index (κ1) is 90.7. The topological polar surface area (TPSA) is 251 Å². The molecule has 38 heteroatoms. The van der Waals surface area contributed by atoms with Crippen LogP contribution in [-0.2, 0) is 76.0 Å². The van der Waals surface area contributed by atoms with Gasteiger partial charge in [0.25, 0.3) is 5.91 Å².